The van der Waals surface area contributed by atoms with Crippen LogP contribution in [0.4, 0.5) is 17.6 Å². The summed E-state index contributed by atoms with van der Waals surface area (Å²) in [7, 11) is -3.99. The van der Waals surface area contributed by atoms with E-state index in [-0.39, 0.29) is 54.8 Å². The number of fused-ring (bicyclic) bond motifs is 1. The van der Waals surface area contributed by atoms with Crippen LogP contribution in [0.5, 0.6) is 0 Å². The van der Waals surface area contributed by atoms with Gasteiger partial charge in [-0.05, 0) is 57.8 Å². The Kier molecular flexibility index (Phi) is 9.07. The number of hydrogen-bond acceptors (Lipinski definition) is 4. The number of carbonyl (C=O) groups excluding carboxylic acids is 1. The smallest absolute Gasteiger partial charge is 0.372 e. The third-order valence-electron chi connectivity index (χ3n) is 8.07. The number of rotatable bonds is 5. The average Bonchev–Trinajstić information content (AvgIpc) is 2.78. The zero-order valence-electron chi connectivity index (χ0n) is 19.9. The molecule has 1 amide bonds. The minimum absolute atomic E-state index is 0.119. The van der Waals surface area contributed by atoms with E-state index in [2.05, 4.69) is 5.32 Å². The second kappa shape index (κ2) is 11.4. The number of halogens is 6. The van der Waals surface area contributed by atoms with Crippen molar-refractivity contribution in [3.63, 3.8) is 0 Å². The molecule has 1 saturated heterocycles. The Morgan fingerprint density at radius 1 is 1.00 bits per heavy atom. The SMILES string of the molecule is O=C(NC1CCC2OC(CC(F)(F)F)CN(S(=O)(=O)C3CCC(F)CC3)C2C1)C1C(Cl)CCCC1Cl. The van der Waals surface area contributed by atoms with E-state index in [4.69, 9.17) is 27.9 Å². The van der Waals surface area contributed by atoms with Gasteiger partial charge < -0.3 is 10.1 Å². The van der Waals surface area contributed by atoms with E-state index in [1.807, 2.05) is 0 Å². The first kappa shape index (κ1) is 28.6. The zero-order valence-corrected chi connectivity index (χ0v) is 22.3. The van der Waals surface area contributed by atoms with Gasteiger partial charge in [0.25, 0.3) is 0 Å². The van der Waals surface area contributed by atoms with Crippen LogP contribution in [0.2, 0.25) is 0 Å². The van der Waals surface area contributed by atoms with Crippen molar-refractivity contribution < 1.29 is 35.5 Å². The van der Waals surface area contributed by atoms with Crippen molar-refractivity contribution in [3.05, 3.63) is 0 Å². The molecular weight excluding hydrogens is 547 g/mol. The first-order chi connectivity index (χ1) is 16.8. The van der Waals surface area contributed by atoms with Gasteiger partial charge in [-0.25, -0.2) is 12.8 Å². The molecule has 36 heavy (non-hydrogen) atoms. The molecule has 0 radical (unpaired) electrons. The summed E-state index contributed by atoms with van der Waals surface area (Å²) in [5.74, 6) is -0.838. The number of hydrogen-bond donors (Lipinski definition) is 1. The molecule has 13 heteroatoms. The molecule has 1 aliphatic heterocycles. The Morgan fingerprint density at radius 2 is 1.64 bits per heavy atom. The van der Waals surface area contributed by atoms with Crippen LogP contribution in [0.15, 0.2) is 0 Å². The summed E-state index contributed by atoms with van der Waals surface area (Å²) >= 11 is 12.8. The molecule has 4 fully saturated rings. The van der Waals surface area contributed by atoms with Gasteiger partial charge in [-0.1, -0.05) is 6.42 Å². The van der Waals surface area contributed by atoms with Crippen LogP contribution < -0.4 is 5.32 Å². The Hall–Kier alpha value is -0.360. The summed E-state index contributed by atoms with van der Waals surface area (Å²) in [6.07, 6.45) is -5.12. The van der Waals surface area contributed by atoms with E-state index in [1.165, 1.54) is 4.31 Å². The largest absolute Gasteiger partial charge is 0.391 e. The molecule has 4 aliphatic rings. The fourth-order valence-electron chi connectivity index (χ4n) is 6.23. The number of nitrogens with one attached hydrogen (secondary N) is 1. The summed E-state index contributed by atoms with van der Waals surface area (Å²) in [6.45, 7) is -0.407. The van der Waals surface area contributed by atoms with E-state index in [0.717, 1.165) is 6.42 Å². The maximum Gasteiger partial charge on any atom is 0.391 e. The predicted molar refractivity (Wildman–Crippen MR) is 128 cm³/mol. The molecule has 0 aromatic carbocycles. The summed E-state index contributed by atoms with van der Waals surface area (Å²) in [5, 5.41) is 1.37. The highest BCUT2D eigenvalue weighted by Gasteiger charge is 2.50. The highest BCUT2D eigenvalue weighted by atomic mass is 35.5. The van der Waals surface area contributed by atoms with Crippen LogP contribution in [0.3, 0.4) is 0 Å². The minimum atomic E-state index is -4.50. The zero-order chi connectivity index (χ0) is 26.3. The van der Waals surface area contributed by atoms with Crippen molar-refractivity contribution in [1.29, 1.82) is 0 Å². The highest BCUT2D eigenvalue weighted by Crippen LogP contribution is 2.39. The molecule has 6 nitrogen and oxygen atoms in total. The maximum absolute atomic E-state index is 13.7. The van der Waals surface area contributed by atoms with Crippen molar-refractivity contribution in [2.24, 2.45) is 5.92 Å². The van der Waals surface area contributed by atoms with E-state index in [9.17, 15) is 30.8 Å². The fourth-order valence-corrected chi connectivity index (χ4v) is 9.42. The second-order valence-corrected chi connectivity index (χ2v) is 14.0. The summed E-state index contributed by atoms with van der Waals surface area (Å²) in [5.41, 5.74) is 0. The van der Waals surface area contributed by atoms with Crippen LogP contribution in [0, 0.1) is 5.92 Å². The quantitative estimate of drug-likeness (QED) is 0.379. The molecule has 208 valence electrons. The van der Waals surface area contributed by atoms with Gasteiger partial charge in [0.05, 0.1) is 35.8 Å². The average molecular weight is 582 g/mol. The lowest BCUT2D eigenvalue weighted by Crippen LogP contribution is -2.63. The molecule has 6 atom stereocenters. The Morgan fingerprint density at radius 3 is 2.25 bits per heavy atom. The van der Waals surface area contributed by atoms with Gasteiger partial charge in [-0.3, -0.25) is 4.79 Å². The lowest BCUT2D eigenvalue weighted by Gasteiger charge is -2.49. The normalized spacial score (nSPS) is 40.9. The molecule has 4 rings (SSSR count). The molecule has 1 heterocycles. The van der Waals surface area contributed by atoms with Crippen LogP contribution in [0.1, 0.15) is 70.6 Å². The van der Waals surface area contributed by atoms with E-state index in [0.29, 0.717) is 25.7 Å². The van der Waals surface area contributed by atoms with E-state index >= 15 is 0 Å². The van der Waals surface area contributed by atoms with Crippen LogP contribution in [-0.4, -0.2) is 77.8 Å². The third kappa shape index (κ3) is 6.61. The molecule has 3 saturated carbocycles. The van der Waals surface area contributed by atoms with Gasteiger partial charge in [0.1, 0.15) is 6.17 Å². The van der Waals surface area contributed by atoms with Crippen molar-refractivity contribution in [3.8, 4) is 0 Å². The molecule has 1 N–H and O–H groups in total. The van der Waals surface area contributed by atoms with Gasteiger partial charge in [0, 0.05) is 23.3 Å². The molecule has 3 aliphatic carbocycles. The van der Waals surface area contributed by atoms with Crippen LogP contribution in [0.25, 0.3) is 0 Å². The fraction of sp³-hybridized carbons (Fsp3) is 0.957. The third-order valence-corrected chi connectivity index (χ3v) is 11.4. The highest BCUT2D eigenvalue weighted by molar-refractivity contribution is 7.89. The monoisotopic (exact) mass is 580 g/mol. The standard InChI is InChI=1S/C23H34Cl2F4N2O4S/c24-17-2-1-3-18(25)21(17)22(32)30-14-6-9-20-19(10-14)31(12-15(35-20)11-23(27,28)29)36(33,34)16-7-4-13(26)5-8-16/h13-21H,1-12H2,(H,30,32). The van der Waals surface area contributed by atoms with Crippen molar-refractivity contribution >= 4 is 39.1 Å². The van der Waals surface area contributed by atoms with Gasteiger partial charge in [-0.15, -0.1) is 23.2 Å². The number of nitrogens with zero attached hydrogens (tertiary/aromatic N) is 1. The van der Waals surface area contributed by atoms with Crippen molar-refractivity contribution in [2.45, 2.75) is 123 Å². The van der Waals surface area contributed by atoms with Gasteiger partial charge in [-0.2, -0.15) is 17.5 Å². The first-order valence-electron chi connectivity index (χ1n) is 12.8. The van der Waals surface area contributed by atoms with Gasteiger partial charge in [0.2, 0.25) is 15.9 Å². The van der Waals surface area contributed by atoms with Crippen molar-refractivity contribution in [1.82, 2.24) is 9.62 Å². The summed E-state index contributed by atoms with van der Waals surface area (Å²) in [4.78, 5) is 13.0. The number of sulfonamides is 1. The molecular formula is C23H34Cl2F4N2O4S. The predicted octanol–water partition coefficient (Wildman–Crippen LogP) is 4.67. The number of amides is 1. The summed E-state index contributed by atoms with van der Waals surface area (Å²) in [6, 6.07) is -1.08. The Labute approximate surface area is 219 Å². The second-order valence-electron chi connectivity index (χ2n) is 10.7. The number of alkyl halides is 6. The Balaban J connectivity index is 1.50. The number of ether oxygens (including phenoxy) is 1. The Bertz CT molecular complexity index is 878. The van der Waals surface area contributed by atoms with E-state index in [1.54, 1.807) is 0 Å². The number of morpholine rings is 1. The molecule has 0 aromatic rings. The van der Waals surface area contributed by atoms with Gasteiger partial charge in [0.15, 0.2) is 0 Å². The van der Waals surface area contributed by atoms with Crippen LogP contribution >= 0.6 is 23.2 Å². The molecule has 0 bridgehead atoms. The molecule has 0 spiro atoms. The molecule has 6 unspecified atom stereocenters. The van der Waals surface area contributed by atoms with Crippen molar-refractivity contribution in [2.75, 3.05) is 6.54 Å². The lowest BCUT2D eigenvalue weighted by molar-refractivity contribution is -0.190. The maximum atomic E-state index is 13.7. The summed E-state index contributed by atoms with van der Waals surface area (Å²) < 4.78 is 87.4. The topological polar surface area (TPSA) is 75.7 Å². The van der Waals surface area contributed by atoms with Crippen LogP contribution in [-0.2, 0) is 19.6 Å². The number of carbonyl (C=O) groups is 1. The molecule has 0 aromatic heterocycles. The minimum Gasteiger partial charge on any atom is -0.372 e. The first-order valence-corrected chi connectivity index (χ1v) is 15.2. The van der Waals surface area contributed by atoms with Gasteiger partial charge >= 0.3 is 6.18 Å². The lowest BCUT2D eigenvalue weighted by atomic mass is 9.84. The van der Waals surface area contributed by atoms with E-state index < -0.39 is 64.8 Å².